The number of nitrogens with one attached hydrogen (secondary N) is 1. The summed E-state index contributed by atoms with van der Waals surface area (Å²) in [5, 5.41) is 0. The molecule has 1 aliphatic rings. The average molecular weight is 210 g/mol. The zero-order valence-electron chi connectivity index (χ0n) is 9.12. The number of likely N-dealkylation sites (N-methyl/N-ethyl adjacent to an activating group) is 1. The number of hydrogen-bond acceptors (Lipinski definition) is 3. The minimum Gasteiger partial charge on any atom is -0.330 e. The van der Waals surface area contributed by atoms with Crippen LogP contribution in [0.4, 0.5) is 0 Å². The molecule has 0 radical (unpaired) electrons. The molecule has 1 aliphatic heterocycles. The van der Waals surface area contributed by atoms with Crippen LogP contribution in [0, 0.1) is 0 Å². The highest BCUT2D eigenvalue weighted by atomic mass is 16.1. The molecule has 84 valence electrons. The van der Waals surface area contributed by atoms with Crippen LogP contribution in [0.3, 0.4) is 0 Å². The lowest BCUT2D eigenvalue weighted by atomic mass is 10.1. The number of fused-ring (bicyclic) bond motifs is 1. The Hall–Kier alpha value is -1.07. The van der Waals surface area contributed by atoms with Gasteiger partial charge in [-0.05, 0) is 20.0 Å². The average Bonchev–Trinajstić information content (AvgIpc) is 2.50. The molecule has 0 aliphatic carbocycles. The molecule has 15 heavy (non-hydrogen) atoms. The van der Waals surface area contributed by atoms with Gasteiger partial charge in [0.05, 0.1) is 5.69 Å². The monoisotopic (exact) mass is 210 g/mol. The molecule has 0 bridgehead atoms. The molecule has 1 aromatic rings. The summed E-state index contributed by atoms with van der Waals surface area (Å²) in [6.07, 6.45) is 1.81. The molecule has 3 N–H and O–H groups in total. The van der Waals surface area contributed by atoms with Crippen LogP contribution < -0.4 is 11.4 Å². The number of nitrogens with two attached hydrogens (primary N) is 1. The minimum atomic E-state index is 0.0174. The normalized spacial score (nSPS) is 16.7. The summed E-state index contributed by atoms with van der Waals surface area (Å²) in [6.45, 7) is 3.24. The van der Waals surface area contributed by atoms with E-state index in [1.165, 1.54) is 5.69 Å². The van der Waals surface area contributed by atoms with Crippen molar-refractivity contribution in [3.63, 3.8) is 0 Å². The van der Waals surface area contributed by atoms with Crippen molar-refractivity contribution in [2.45, 2.75) is 25.9 Å². The van der Waals surface area contributed by atoms with Gasteiger partial charge >= 0.3 is 5.69 Å². The number of H-pyrrole nitrogens is 1. The van der Waals surface area contributed by atoms with Crippen LogP contribution in [-0.4, -0.2) is 34.6 Å². The van der Waals surface area contributed by atoms with Gasteiger partial charge in [0.2, 0.25) is 0 Å². The summed E-state index contributed by atoms with van der Waals surface area (Å²) < 4.78 is 1.84. The number of hydrogen-bond donors (Lipinski definition) is 2. The number of aromatic nitrogens is 2. The van der Waals surface area contributed by atoms with E-state index in [4.69, 9.17) is 5.73 Å². The van der Waals surface area contributed by atoms with Crippen LogP contribution in [0.2, 0.25) is 0 Å². The van der Waals surface area contributed by atoms with Crippen molar-refractivity contribution in [1.29, 1.82) is 0 Å². The molecule has 0 saturated heterocycles. The summed E-state index contributed by atoms with van der Waals surface area (Å²) in [4.78, 5) is 16.8. The van der Waals surface area contributed by atoms with Gasteiger partial charge in [0.1, 0.15) is 0 Å². The number of aromatic amines is 1. The maximum Gasteiger partial charge on any atom is 0.325 e. The van der Waals surface area contributed by atoms with Crippen molar-refractivity contribution in [3.8, 4) is 0 Å². The Bertz CT molecular complexity index is 393. The number of rotatable bonds is 3. The molecule has 0 spiro atoms. The van der Waals surface area contributed by atoms with E-state index in [1.807, 2.05) is 4.57 Å². The zero-order chi connectivity index (χ0) is 10.8. The SMILES string of the molecule is CN1CCc2c([nH]c(=O)n2CCCN)C1. The first-order chi connectivity index (χ1) is 7.22. The van der Waals surface area contributed by atoms with Crippen LogP contribution >= 0.6 is 0 Å². The second-order valence-electron chi connectivity index (χ2n) is 4.14. The van der Waals surface area contributed by atoms with E-state index in [-0.39, 0.29) is 5.69 Å². The maximum atomic E-state index is 11.7. The van der Waals surface area contributed by atoms with Gasteiger partial charge in [-0.1, -0.05) is 0 Å². The van der Waals surface area contributed by atoms with Crippen molar-refractivity contribution in [1.82, 2.24) is 14.5 Å². The lowest BCUT2D eigenvalue weighted by Crippen LogP contribution is -2.28. The lowest BCUT2D eigenvalue weighted by Gasteiger charge is -2.22. The molecule has 2 heterocycles. The first-order valence-electron chi connectivity index (χ1n) is 5.41. The maximum absolute atomic E-state index is 11.7. The van der Waals surface area contributed by atoms with Crippen molar-refractivity contribution < 1.29 is 0 Å². The van der Waals surface area contributed by atoms with Gasteiger partial charge in [-0.15, -0.1) is 0 Å². The molecule has 0 fully saturated rings. The first-order valence-corrected chi connectivity index (χ1v) is 5.41. The molecular formula is C10H18N4O. The molecule has 0 amide bonds. The predicted octanol–water partition coefficient (Wildman–Crippen LogP) is -0.487. The summed E-state index contributed by atoms with van der Waals surface area (Å²) in [7, 11) is 2.07. The molecular weight excluding hydrogens is 192 g/mol. The first kappa shape index (κ1) is 10.4. The highest BCUT2D eigenvalue weighted by molar-refractivity contribution is 5.16. The summed E-state index contributed by atoms with van der Waals surface area (Å²) >= 11 is 0. The molecule has 0 atom stereocenters. The van der Waals surface area contributed by atoms with E-state index in [9.17, 15) is 4.79 Å². The van der Waals surface area contributed by atoms with Gasteiger partial charge < -0.3 is 15.6 Å². The lowest BCUT2D eigenvalue weighted by molar-refractivity contribution is 0.304. The number of nitrogens with zero attached hydrogens (tertiary/aromatic N) is 2. The quantitative estimate of drug-likeness (QED) is 0.707. The molecule has 2 rings (SSSR count). The fourth-order valence-electron chi connectivity index (χ4n) is 2.10. The Kier molecular flexibility index (Phi) is 2.93. The van der Waals surface area contributed by atoms with Gasteiger partial charge in [0, 0.05) is 31.7 Å². The van der Waals surface area contributed by atoms with Crippen LogP contribution in [0.25, 0.3) is 0 Å². The van der Waals surface area contributed by atoms with Crippen molar-refractivity contribution in [2.24, 2.45) is 5.73 Å². The fourth-order valence-corrected chi connectivity index (χ4v) is 2.10. The summed E-state index contributed by atoms with van der Waals surface area (Å²) in [5.74, 6) is 0. The summed E-state index contributed by atoms with van der Waals surface area (Å²) in [5.41, 5.74) is 7.72. The Labute approximate surface area is 88.9 Å². The third kappa shape index (κ3) is 1.98. The summed E-state index contributed by atoms with van der Waals surface area (Å²) in [6, 6.07) is 0. The zero-order valence-corrected chi connectivity index (χ0v) is 9.12. The topological polar surface area (TPSA) is 67.0 Å². The largest absolute Gasteiger partial charge is 0.330 e. The third-order valence-corrected chi connectivity index (χ3v) is 2.92. The number of imidazole rings is 1. The second kappa shape index (κ2) is 4.20. The van der Waals surface area contributed by atoms with Crippen LogP contribution in [0.15, 0.2) is 4.79 Å². The minimum absolute atomic E-state index is 0.0174. The van der Waals surface area contributed by atoms with Crippen LogP contribution in [0.1, 0.15) is 17.8 Å². The van der Waals surface area contributed by atoms with Crippen LogP contribution in [0.5, 0.6) is 0 Å². The molecule has 5 heteroatoms. The Morgan fingerprint density at radius 1 is 1.53 bits per heavy atom. The highest BCUT2D eigenvalue weighted by Gasteiger charge is 2.19. The Balaban J connectivity index is 2.27. The van der Waals surface area contributed by atoms with E-state index in [0.717, 1.165) is 38.2 Å². The molecule has 5 nitrogen and oxygen atoms in total. The molecule has 1 aromatic heterocycles. The molecule has 0 aromatic carbocycles. The van der Waals surface area contributed by atoms with E-state index < -0.39 is 0 Å². The van der Waals surface area contributed by atoms with Gasteiger partial charge in [0.15, 0.2) is 0 Å². The smallest absolute Gasteiger partial charge is 0.325 e. The van der Waals surface area contributed by atoms with E-state index in [1.54, 1.807) is 0 Å². The molecule has 0 saturated carbocycles. The van der Waals surface area contributed by atoms with E-state index in [2.05, 4.69) is 16.9 Å². The van der Waals surface area contributed by atoms with Crippen molar-refractivity contribution >= 4 is 0 Å². The van der Waals surface area contributed by atoms with E-state index >= 15 is 0 Å². The van der Waals surface area contributed by atoms with E-state index in [0.29, 0.717) is 6.54 Å². The molecule has 0 unspecified atom stereocenters. The van der Waals surface area contributed by atoms with Crippen molar-refractivity contribution in [2.75, 3.05) is 20.1 Å². The van der Waals surface area contributed by atoms with Gasteiger partial charge in [0.25, 0.3) is 0 Å². The van der Waals surface area contributed by atoms with Crippen LogP contribution in [-0.2, 0) is 19.5 Å². The Morgan fingerprint density at radius 3 is 3.07 bits per heavy atom. The van der Waals surface area contributed by atoms with Gasteiger partial charge in [-0.25, -0.2) is 4.79 Å². The second-order valence-corrected chi connectivity index (χ2v) is 4.14. The standard InChI is InChI=1S/C10H18N4O/c1-13-6-3-9-8(7-13)12-10(15)14(9)5-2-4-11/h2-7,11H2,1H3,(H,12,15). The van der Waals surface area contributed by atoms with Crippen molar-refractivity contribution in [3.05, 3.63) is 21.9 Å². The Morgan fingerprint density at radius 2 is 2.33 bits per heavy atom. The third-order valence-electron chi connectivity index (χ3n) is 2.92. The highest BCUT2D eigenvalue weighted by Crippen LogP contribution is 2.14. The fraction of sp³-hybridized carbons (Fsp3) is 0.700. The predicted molar refractivity (Wildman–Crippen MR) is 58.8 cm³/mol. The van der Waals surface area contributed by atoms with Gasteiger partial charge in [-0.2, -0.15) is 0 Å². The van der Waals surface area contributed by atoms with Gasteiger partial charge in [-0.3, -0.25) is 4.57 Å².